The van der Waals surface area contributed by atoms with Gasteiger partial charge < -0.3 is 14.7 Å². The summed E-state index contributed by atoms with van der Waals surface area (Å²) in [6.45, 7) is 3.47. The maximum absolute atomic E-state index is 9.69. The minimum atomic E-state index is -0.132. The normalized spacial score (nSPS) is 37.1. The largest absolute Gasteiger partial charge is 0.392 e. The molecule has 1 atom stereocenters. The van der Waals surface area contributed by atoms with Gasteiger partial charge >= 0.3 is 0 Å². The fraction of sp³-hybridized carbons (Fsp3) is 1.00. The van der Waals surface area contributed by atoms with Gasteiger partial charge in [0, 0.05) is 25.1 Å². The van der Waals surface area contributed by atoms with Gasteiger partial charge in [-0.25, -0.2) is 0 Å². The Morgan fingerprint density at radius 2 is 2.27 bits per heavy atom. The maximum atomic E-state index is 9.69. The molecule has 1 unspecified atom stereocenters. The van der Waals surface area contributed by atoms with Crippen LogP contribution in [0.25, 0.3) is 0 Å². The van der Waals surface area contributed by atoms with Gasteiger partial charge in [0.05, 0.1) is 12.7 Å². The van der Waals surface area contributed by atoms with E-state index in [1.54, 1.807) is 0 Å². The van der Waals surface area contributed by atoms with Gasteiger partial charge in [-0.1, -0.05) is 0 Å². The molecule has 0 aromatic carbocycles. The lowest BCUT2D eigenvalue weighted by Crippen LogP contribution is -2.64. The van der Waals surface area contributed by atoms with Gasteiger partial charge in [-0.05, 0) is 13.5 Å². The minimum Gasteiger partial charge on any atom is -0.392 e. The van der Waals surface area contributed by atoms with E-state index in [-0.39, 0.29) is 11.5 Å². The molecule has 0 radical (unpaired) electrons. The fourth-order valence-electron chi connectivity index (χ4n) is 2.20. The van der Waals surface area contributed by atoms with E-state index in [9.17, 15) is 5.11 Å². The van der Waals surface area contributed by atoms with Gasteiger partial charge in [-0.3, -0.25) is 0 Å². The SMILES string of the molecule is CN1CC2(COCCC2O)C1. The molecule has 3 nitrogen and oxygen atoms in total. The standard InChI is InChI=1S/C8H15NO2/c1-9-4-8(5-9)6-11-3-2-7(8)10/h7,10H,2-6H2,1H3. The van der Waals surface area contributed by atoms with Crippen LogP contribution in [-0.2, 0) is 4.74 Å². The van der Waals surface area contributed by atoms with E-state index >= 15 is 0 Å². The summed E-state index contributed by atoms with van der Waals surface area (Å²) in [7, 11) is 2.08. The van der Waals surface area contributed by atoms with Gasteiger partial charge in [0.25, 0.3) is 0 Å². The van der Waals surface area contributed by atoms with Gasteiger partial charge in [-0.15, -0.1) is 0 Å². The van der Waals surface area contributed by atoms with Gasteiger partial charge in [0.15, 0.2) is 0 Å². The van der Waals surface area contributed by atoms with Crippen LogP contribution >= 0.6 is 0 Å². The Hall–Kier alpha value is -0.120. The molecule has 0 amide bonds. The second kappa shape index (κ2) is 2.44. The zero-order valence-electron chi connectivity index (χ0n) is 6.92. The summed E-state index contributed by atoms with van der Waals surface area (Å²) in [5.74, 6) is 0. The summed E-state index contributed by atoms with van der Waals surface area (Å²) in [6, 6.07) is 0. The third-order valence-electron chi connectivity index (χ3n) is 2.80. The maximum Gasteiger partial charge on any atom is 0.0665 e. The first-order valence-electron chi connectivity index (χ1n) is 4.17. The Morgan fingerprint density at radius 3 is 2.82 bits per heavy atom. The van der Waals surface area contributed by atoms with E-state index in [2.05, 4.69) is 11.9 Å². The molecular weight excluding hydrogens is 142 g/mol. The molecule has 0 bridgehead atoms. The Bertz CT molecular complexity index is 149. The highest BCUT2D eigenvalue weighted by Gasteiger charge is 2.48. The summed E-state index contributed by atoms with van der Waals surface area (Å²) in [6.07, 6.45) is 0.681. The third kappa shape index (κ3) is 1.08. The van der Waals surface area contributed by atoms with Crippen LogP contribution in [0.5, 0.6) is 0 Å². The highest BCUT2D eigenvalue weighted by Crippen LogP contribution is 2.37. The van der Waals surface area contributed by atoms with E-state index in [4.69, 9.17) is 4.74 Å². The summed E-state index contributed by atoms with van der Waals surface area (Å²) in [5.41, 5.74) is 0.0903. The van der Waals surface area contributed by atoms with Crippen LogP contribution < -0.4 is 0 Å². The monoisotopic (exact) mass is 157 g/mol. The predicted octanol–water partition coefficient (Wildman–Crippen LogP) is -0.301. The lowest BCUT2D eigenvalue weighted by atomic mass is 9.73. The van der Waals surface area contributed by atoms with E-state index in [0.29, 0.717) is 0 Å². The van der Waals surface area contributed by atoms with Crippen LogP contribution in [0.15, 0.2) is 0 Å². The molecule has 2 rings (SSSR count). The first-order chi connectivity index (χ1) is 5.23. The quantitative estimate of drug-likeness (QED) is 0.524. The average Bonchev–Trinajstić information content (AvgIpc) is 1.92. The van der Waals surface area contributed by atoms with Crippen LogP contribution in [0.3, 0.4) is 0 Å². The van der Waals surface area contributed by atoms with Crippen LogP contribution in [0, 0.1) is 5.41 Å². The van der Waals surface area contributed by atoms with Crippen molar-refractivity contribution in [2.45, 2.75) is 12.5 Å². The summed E-state index contributed by atoms with van der Waals surface area (Å²) in [5, 5.41) is 9.69. The van der Waals surface area contributed by atoms with E-state index in [1.807, 2.05) is 0 Å². The number of aliphatic hydroxyl groups excluding tert-OH is 1. The highest BCUT2D eigenvalue weighted by molar-refractivity contribution is 5.00. The summed E-state index contributed by atoms with van der Waals surface area (Å²) >= 11 is 0. The van der Waals surface area contributed by atoms with Gasteiger partial charge in [-0.2, -0.15) is 0 Å². The second-order valence-electron chi connectivity index (χ2n) is 3.89. The number of ether oxygens (including phenoxy) is 1. The van der Waals surface area contributed by atoms with Crippen LogP contribution in [0.2, 0.25) is 0 Å². The number of rotatable bonds is 0. The zero-order valence-corrected chi connectivity index (χ0v) is 6.92. The molecule has 0 aliphatic carbocycles. The molecular formula is C8H15NO2. The van der Waals surface area contributed by atoms with Crippen molar-refractivity contribution < 1.29 is 9.84 Å². The van der Waals surface area contributed by atoms with Crippen molar-refractivity contribution in [1.29, 1.82) is 0 Å². The molecule has 64 valence electrons. The molecule has 1 spiro atoms. The Labute approximate surface area is 66.9 Å². The summed E-state index contributed by atoms with van der Waals surface area (Å²) in [4.78, 5) is 2.22. The topological polar surface area (TPSA) is 32.7 Å². The number of aliphatic hydroxyl groups is 1. The van der Waals surface area contributed by atoms with Crippen LogP contribution in [0.1, 0.15) is 6.42 Å². The number of hydrogen-bond acceptors (Lipinski definition) is 3. The zero-order chi connectivity index (χ0) is 7.90. The third-order valence-corrected chi connectivity index (χ3v) is 2.80. The molecule has 3 heteroatoms. The van der Waals surface area contributed by atoms with Crippen molar-refractivity contribution in [2.75, 3.05) is 33.4 Å². The van der Waals surface area contributed by atoms with Crippen molar-refractivity contribution in [1.82, 2.24) is 4.90 Å². The number of nitrogens with zero attached hydrogens (tertiary/aromatic N) is 1. The second-order valence-corrected chi connectivity index (χ2v) is 3.89. The van der Waals surface area contributed by atoms with Crippen LogP contribution in [0.4, 0.5) is 0 Å². The van der Waals surface area contributed by atoms with Crippen molar-refractivity contribution >= 4 is 0 Å². The van der Waals surface area contributed by atoms with Gasteiger partial charge in [0.1, 0.15) is 0 Å². The van der Waals surface area contributed by atoms with E-state index in [0.717, 1.165) is 32.7 Å². The molecule has 0 aromatic rings. The molecule has 2 aliphatic heterocycles. The van der Waals surface area contributed by atoms with Gasteiger partial charge in [0.2, 0.25) is 0 Å². The minimum absolute atomic E-state index is 0.0903. The lowest BCUT2D eigenvalue weighted by Gasteiger charge is -2.53. The molecule has 11 heavy (non-hydrogen) atoms. The first kappa shape index (κ1) is 7.53. The number of likely N-dealkylation sites (tertiary alicyclic amines) is 1. The Balaban J connectivity index is 2.00. The number of hydrogen-bond donors (Lipinski definition) is 1. The highest BCUT2D eigenvalue weighted by atomic mass is 16.5. The molecule has 2 aliphatic rings. The average molecular weight is 157 g/mol. The molecule has 0 saturated carbocycles. The van der Waals surface area contributed by atoms with Crippen molar-refractivity contribution in [2.24, 2.45) is 5.41 Å². The van der Waals surface area contributed by atoms with Crippen molar-refractivity contribution in [3.05, 3.63) is 0 Å². The Morgan fingerprint density at radius 1 is 1.55 bits per heavy atom. The molecule has 1 N–H and O–H groups in total. The first-order valence-corrected chi connectivity index (χ1v) is 4.17. The molecule has 2 heterocycles. The lowest BCUT2D eigenvalue weighted by molar-refractivity contribution is -0.162. The Kier molecular flexibility index (Phi) is 1.67. The van der Waals surface area contributed by atoms with E-state index in [1.165, 1.54) is 0 Å². The molecule has 0 aromatic heterocycles. The predicted molar refractivity (Wildman–Crippen MR) is 41.4 cm³/mol. The molecule has 2 fully saturated rings. The van der Waals surface area contributed by atoms with Crippen LogP contribution in [-0.4, -0.2) is 49.5 Å². The van der Waals surface area contributed by atoms with E-state index < -0.39 is 0 Å². The van der Waals surface area contributed by atoms with Crippen molar-refractivity contribution in [3.8, 4) is 0 Å². The fourth-order valence-corrected chi connectivity index (χ4v) is 2.20. The molecule has 2 saturated heterocycles. The smallest absolute Gasteiger partial charge is 0.0665 e. The van der Waals surface area contributed by atoms with Crippen molar-refractivity contribution in [3.63, 3.8) is 0 Å². The summed E-state index contributed by atoms with van der Waals surface area (Å²) < 4.78 is 5.36.